The molecule has 0 aromatic carbocycles. The molecule has 1 aromatic heterocycles. The molecular formula is C16H22N4O3. The summed E-state index contributed by atoms with van der Waals surface area (Å²) in [6.07, 6.45) is 5.82. The first kappa shape index (κ1) is 14.7. The van der Waals surface area contributed by atoms with Crippen molar-refractivity contribution in [2.24, 2.45) is 5.41 Å². The fourth-order valence-electron chi connectivity index (χ4n) is 3.06. The van der Waals surface area contributed by atoms with Gasteiger partial charge in [0, 0.05) is 12.0 Å². The van der Waals surface area contributed by atoms with E-state index < -0.39 is 11.4 Å². The molecule has 0 unspecified atom stereocenters. The van der Waals surface area contributed by atoms with Crippen LogP contribution in [0.2, 0.25) is 0 Å². The summed E-state index contributed by atoms with van der Waals surface area (Å²) < 4.78 is 7.24. The van der Waals surface area contributed by atoms with Gasteiger partial charge in [0.05, 0.1) is 13.2 Å². The molecule has 1 aromatic rings. The van der Waals surface area contributed by atoms with Crippen molar-refractivity contribution in [3.8, 4) is 0 Å². The number of nitrogens with one attached hydrogen (secondary N) is 1. The van der Waals surface area contributed by atoms with Crippen LogP contribution in [0.15, 0.2) is 0 Å². The Morgan fingerprint density at radius 2 is 2.00 bits per heavy atom. The van der Waals surface area contributed by atoms with Crippen molar-refractivity contribution < 1.29 is 14.3 Å². The Bertz CT molecular complexity index is 642. The molecule has 3 saturated carbocycles. The van der Waals surface area contributed by atoms with Gasteiger partial charge in [-0.05, 0) is 45.4 Å². The third-order valence-electron chi connectivity index (χ3n) is 4.91. The molecule has 3 aliphatic rings. The molecule has 4 rings (SSSR count). The zero-order chi connectivity index (χ0) is 16.0. The third kappa shape index (κ3) is 2.62. The van der Waals surface area contributed by atoms with Crippen LogP contribution in [0.25, 0.3) is 0 Å². The highest BCUT2D eigenvalue weighted by Gasteiger charge is 2.58. The Hall–Kier alpha value is -1.92. The fraction of sp³-hybridized carbons (Fsp3) is 0.750. The Labute approximate surface area is 134 Å². The summed E-state index contributed by atoms with van der Waals surface area (Å²) in [5.41, 5.74) is -0.959. The second-order valence-corrected chi connectivity index (χ2v) is 6.84. The van der Waals surface area contributed by atoms with E-state index in [1.165, 1.54) is 12.8 Å². The van der Waals surface area contributed by atoms with Crippen LogP contribution in [-0.2, 0) is 20.9 Å². The van der Waals surface area contributed by atoms with Crippen molar-refractivity contribution in [3.05, 3.63) is 11.6 Å². The van der Waals surface area contributed by atoms with Crippen molar-refractivity contribution in [3.63, 3.8) is 0 Å². The van der Waals surface area contributed by atoms with Gasteiger partial charge in [0.1, 0.15) is 11.2 Å². The summed E-state index contributed by atoms with van der Waals surface area (Å²) in [7, 11) is 0. The van der Waals surface area contributed by atoms with E-state index in [9.17, 15) is 9.59 Å². The van der Waals surface area contributed by atoms with Crippen molar-refractivity contribution in [1.82, 2.24) is 20.1 Å². The van der Waals surface area contributed by atoms with Gasteiger partial charge in [0.2, 0.25) is 5.91 Å². The molecule has 23 heavy (non-hydrogen) atoms. The molecule has 0 saturated heterocycles. The molecule has 124 valence electrons. The highest BCUT2D eigenvalue weighted by Crippen LogP contribution is 2.47. The number of esters is 1. The van der Waals surface area contributed by atoms with Gasteiger partial charge in [-0.15, -0.1) is 10.2 Å². The zero-order valence-corrected chi connectivity index (χ0v) is 13.4. The van der Waals surface area contributed by atoms with Crippen molar-refractivity contribution in [1.29, 1.82) is 0 Å². The van der Waals surface area contributed by atoms with Crippen molar-refractivity contribution in [2.75, 3.05) is 6.61 Å². The highest BCUT2D eigenvalue weighted by molar-refractivity contribution is 6.05. The smallest absolute Gasteiger partial charge is 0.321 e. The average molecular weight is 318 g/mol. The molecule has 1 heterocycles. The van der Waals surface area contributed by atoms with Crippen LogP contribution in [-0.4, -0.2) is 33.2 Å². The van der Waals surface area contributed by atoms with E-state index >= 15 is 0 Å². The Morgan fingerprint density at radius 3 is 2.57 bits per heavy atom. The standard InChI is InChI=1S/C16H22N4O3/c1-2-23-15(22)16(7-8-16)14(21)17-9-12-18-19-13(10-3-4-10)20(12)11-5-6-11/h10-11H,2-9H2,1H3,(H,17,21). The lowest BCUT2D eigenvalue weighted by Gasteiger charge is -2.14. The lowest BCUT2D eigenvalue weighted by Crippen LogP contribution is -2.38. The van der Waals surface area contributed by atoms with Gasteiger partial charge in [-0.3, -0.25) is 9.59 Å². The number of hydrogen-bond acceptors (Lipinski definition) is 5. The molecule has 1 N–H and O–H groups in total. The first-order valence-electron chi connectivity index (χ1n) is 8.55. The van der Waals surface area contributed by atoms with E-state index in [1.54, 1.807) is 6.92 Å². The Kier molecular flexibility index (Phi) is 3.39. The number of nitrogens with zero attached hydrogens (tertiary/aromatic N) is 3. The van der Waals surface area contributed by atoms with Gasteiger partial charge in [0.15, 0.2) is 5.82 Å². The summed E-state index contributed by atoms with van der Waals surface area (Å²) in [6.45, 7) is 2.38. The number of carbonyl (C=O) groups excluding carboxylic acids is 2. The van der Waals surface area contributed by atoms with Gasteiger partial charge < -0.3 is 14.6 Å². The number of ether oxygens (including phenoxy) is 1. The number of rotatable bonds is 7. The minimum Gasteiger partial charge on any atom is -0.465 e. The number of hydrogen-bond donors (Lipinski definition) is 1. The van der Waals surface area contributed by atoms with E-state index in [1.807, 2.05) is 0 Å². The molecule has 3 fully saturated rings. The van der Waals surface area contributed by atoms with Crippen LogP contribution in [0.3, 0.4) is 0 Å². The predicted octanol–water partition coefficient (Wildman–Crippen LogP) is 1.45. The second-order valence-electron chi connectivity index (χ2n) is 6.84. The predicted molar refractivity (Wildman–Crippen MR) is 80.4 cm³/mol. The summed E-state index contributed by atoms with van der Waals surface area (Å²) in [4.78, 5) is 24.3. The molecular weight excluding hydrogens is 296 g/mol. The van der Waals surface area contributed by atoms with Gasteiger partial charge in [-0.2, -0.15) is 0 Å². The van der Waals surface area contributed by atoms with Crippen LogP contribution in [0.4, 0.5) is 0 Å². The molecule has 0 radical (unpaired) electrons. The molecule has 1 amide bonds. The summed E-state index contributed by atoms with van der Waals surface area (Å²) >= 11 is 0. The van der Waals surface area contributed by atoms with Gasteiger partial charge in [0.25, 0.3) is 0 Å². The lowest BCUT2D eigenvalue weighted by molar-refractivity contribution is -0.154. The van der Waals surface area contributed by atoms with E-state index in [2.05, 4.69) is 20.1 Å². The summed E-state index contributed by atoms with van der Waals surface area (Å²) in [5.74, 6) is 1.78. The first-order valence-corrected chi connectivity index (χ1v) is 8.55. The van der Waals surface area contributed by atoms with Crippen molar-refractivity contribution in [2.45, 2.75) is 64.0 Å². The highest BCUT2D eigenvalue weighted by atomic mass is 16.5. The van der Waals surface area contributed by atoms with Gasteiger partial charge >= 0.3 is 5.97 Å². The third-order valence-corrected chi connectivity index (χ3v) is 4.91. The summed E-state index contributed by atoms with van der Waals surface area (Å²) in [5, 5.41) is 11.5. The SMILES string of the molecule is CCOC(=O)C1(C(=O)NCc2nnc(C3CC3)n2C2CC2)CC1. The van der Waals surface area contributed by atoms with E-state index in [0.717, 1.165) is 24.5 Å². The number of carbonyl (C=O) groups is 2. The quantitative estimate of drug-likeness (QED) is 0.607. The maximum atomic E-state index is 12.4. The molecule has 0 aliphatic heterocycles. The largest absolute Gasteiger partial charge is 0.465 e. The van der Waals surface area contributed by atoms with Crippen LogP contribution in [0.1, 0.15) is 69.1 Å². The molecule has 0 spiro atoms. The van der Waals surface area contributed by atoms with Crippen LogP contribution < -0.4 is 5.32 Å². The Morgan fingerprint density at radius 1 is 1.26 bits per heavy atom. The average Bonchev–Trinajstić information content (AvgIpc) is 3.41. The topological polar surface area (TPSA) is 86.1 Å². The molecule has 7 nitrogen and oxygen atoms in total. The van der Waals surface area contributed by atoms with Crippen LogP contribution in [0.5, 0.6) is 0 Å². The van der Waals surface area contributed by atoms with E-state index in [-0.39, 0.29) is 5.91 Å². The first-order chi connectivity index (χ1) is 11.2. The van der Waals surface area contributed by atoms with E-state index in [0.29, 0.717) is 38.0 Å². The second kappa shape index (κ2) is 5.32. The van der Waals surface area contributed by atoms with Gasteiger partial charge in [-0.25, -0.2) is 0 Å². The number of aromatic nitrogens is 3. The Balaban J connectivity index is 1.43. The van der Waals surface area contributed by atoms with Crippen LogP contribution >= 0.6 is 0 Å². The number of amides is 1. The molecule has 7 heteroatoms. The molecule has 3 aliphatic carbocycles. The summed E-state index contributed by atoms with van der Waals surface area (Å²) in [6, 6.07) is 0.493. The zero-order valence-electron chi connectivity index (χ0n) is 13.4. The van der Waals surface area contributed by atoms with Gasteiger partial charge in [-0.1, -0.05) is 0 Å². The minimum absolute atomic E-state index is 0.241. The van der Waals surface area contributed by atoms with Crippen LogP contribution in [0, 0.1) is 5.41 Å². The van der Waals surface area contributed by atoms with E-state index in [4.69, 9.17) is 4.74 Å². The van der Waals surface area contributed by atoms with Crippen molar-refractivity contribution >= 4 is 11.9 Å². The monoisotopic (exact) mass is 318 g/mol. The maximum absolute atomic E-state index is 12.4. The normalized spacial score (nSPS) is 21.8. The molecule has 0 atom stereocenters. The molecule has 0 bridgehead atoms. The maximum Gasteiger partial charge on any atom is 0.321 e. The lowest BCUT2D eigenvalue weighted by atomic mass is 10.1. The fourth-order valence-corrected chi connectivity index (χ4v) is 3.06. The minimum atomic E-state index is -0.959.